The van der Waals surface area contributed by atoms with E-state index < -0.39 is 0 Å². The van der Waals surface area contributed by atoms with E-state index in [1.54, 1.807) is 19.5 Å². The third-order valence-corrected chi connectivity index (χ3v) is 4.90. The van der Waals surface area contributed by atoms with Crippen molar-refractivity contribution >= 4 is 22.7 Å². The van der Waals surface area contributed by atoms with Crippen molar-refractivity contribution in [2.75, 3.05) is 18.2 Å². The van der Waals surface area contributed by atoms with Crippen molar-refractivity contribution in [3.63, 3.8) is 0 Å². The highest BCUT2D eigenvalue weighted by atomic mass is 16.5. The zero-order chi connectivity index (χ0) is 19.5. The Labute approximate surface area is 163 Å². The van der Waals surface area contributed by atoms with Gasteiger partial charge in [0.25, 0.3) is 0 Å². The molecular weight excluding hydrogens is 356 g/mol. The van der Waals surface area contributed by atoms with Gasteiger partial charge in [-0.1, -0.05) is 0 Å². The maximum atomic E-state index is 6.24. The standard InChI is InChI=1S/C20H24N6O2/c1-12-9-18(27-2)26-20(24-12)25-14-3-5-15(6-4-14)28-17-11-13(21)10-16-19(17)23-8-7-22-16/h7-11,14-15H,3-6,21H2,1-2H3,(H,24,25,26). The Kier molecular flexibility index (Phi) is 5.10. The fourth-order valence-electron chi connectivity index (χ4n) is 3.55. The zero-order valence-electron chi connectivity index (χ0n) is 16.1. The summed E-state index contributed by atoms with van der Waals surface area (Å²) in [5.41, 5.74) is 8.99. The lowest BCUT2D eigenvalue weighted by Gasteiger charge is -2.29. The largest absolute Gasteiger partial charge is 0.488 e. The number of fused-ring (bicyclic) bond motifs is 1. The van der Waals surface area contributed by atoms with Crippen LogP contribution in [0.4, 0.5) is 11.6 Å². The number of hydrogen-bond donors (Lipinski definition) is 2. The molecule has 0 bridgehead atoms. The number of ether oxygens (including phenoxy) is 2. The first-order valence-corrected chi connectivity index (χ1v) is 9.44. The summed E-state index contributed by atoms with van der Waals surface area (Å²) < 4.78 is 11.5. The van der Waals surface area contributed by atoms with Crippen LogP contribution in [0.2, 0.25) is 0 Å². The van der Waals surface area contributed by atoms with Gasteiger partial charge in [-0.2, -0.15) is 4.98 Å². The van der Waals surface area contributed by atoms with Gasteiger partial charge in [-0.25, -0.2) is 9.97 Å². The maximum Gasteiger partial charge on any atom is 0.226 e. The quantitative estimate of drug-likeness (QED) is 0.650. The van der Waals surface area contributed by atoms with E-state index in [1.165, 1.54) is 0 Å². The van der Waals surface area contributed by atoms with Crippen LogP contribution in [0.25, 0.3) is 11.0 Å². The average molecular weight is 380 g/mol. The summed E-state index contributed by atoms with van der Waals surface area (Å²) in [5.74, 6) is 1.88. The summed E-state index contributed by atoms with van der Waals surface area (Å²) in [7, 11) is 1.61. The van der Waals surface area contributed by atoms with Crippen LogP contribution in [-0.4, -0.2) is 39.2 Å². The second-order valence-corrected chi connectivity index (χ2v) is 7.05. The van der Waals surface area contributed by atoms with E-state index in [2.05, 4.69) is 25.3 Å². The average Bonchev–Trinajstić information content (AvgIpc) is 2.69. The van der Waals surface area contributed by atoms with Crippen molar-refractivity contribution in [3.05, 3.63) is 36.3 Å². The molecule has 0 radical (unpaired) electrons. The van der Waals surface area contributed by atoms with Crippen LogP contribution in [0, 0.1) is 6.92 Å². The molecule has 0 atom stereocenters. The Hall–Kier alpha value is -3.16. The monoisotopic (exact) mass is 380 g/mol. The fourth-order valence-corrected chi connectivity index (χ4v) is 3.55. The lowest BCUT2D eigenvalue weighted by molar-refractivity contribution is 0.151. The van der Waals surface area contributed by atoms with Gasteiger partial charge in [-0.15, -0.1) is 0 Å². The number of aryl methyl sites for hydroxylation is 1. The number of methoxy groups -OCH3 is 1. The van der Waals surface area contributed by atoms with E-state index in [-0.39, 0.29) is 6.10 Å². The van der Waals surface area contributed by atoms with Gasteiger partial charge in [0.1, 0.15) is 11.3 Å². The molecule has 0 amide bonds. The van der Waals surface area contributed by atoms with Crippen LogP contribution in [0.15, 0.2) is 30.6 Å². The van der Waals surface area contributed by atoms with Crippen molar-refractivity contribution in [3.8, 4) is 11.6 Å². The lowest BCUT2D eigenvalue weighted by atomic mass is 9.93. The van der Waals surface area contributed by atoms with Crippen LogP contribution in [-0.2, 0) is 0 Å². The minimum absolute atomic E-state index is 0.123. The molecule has 2 heterocycles. The summed E-state index contributed by atoms with van der Waals surface area (Å²) in [5, 5.41) is 3.42. The molecule has 1 saturated carbocycles. The van der Waals surface area contributed by atoms with E-state index in [0.29, 0.717) is 29.3 Å². The van der Waals surface area contributed by atoms with Gasteiger partial charge in [0, 0.05) is 41.9 Å². The molecule has 8 heteroatoms. The molecule has 4 rings (SSSR count). The number of rotatable bonds is 5. The van der Waals surface area contributed by atoms with Crippen LogP contribution in [0.3, 0.4) is 0 Å². The summed E-state index contributed by atoms with van der Waals surface area (Å²) >= 11 is 0. The molecule has 0 saturated heterocycles. The molecule has 3 aromatic rings. The Morgan fingerprint density at radius 3 is 2.61 bits per heavy atom. The molecule has 0 aliphatic heterocycles. The number of hydrogen-bond acceptors (Lipinski definition) is 8. The van der Waals surface area contributed by atoms with Gasteiger partial charge < -0.3 is 20.5 Å². The minimum Gasteiger partial charge on any atom is -0.488 e. The predicted molar refractivity (Wildman–Crippen MR) is 108 cm³/mol. The summed E-state index contributed by atoms with van der Waals surface area (Å²) in [4.78, 5) is 17.5. The van der Waals surface area contributed by atoms with Crippen LogP contribution in [0.1, 0.15) is 31.4 Å². The van der Waals surface area contributed by atoms with Crippen LogP contribution < -0.4 is 20.5 Å². The molecule has 0 unspecified atom stereocenters. The van der Waals surface area contributed by atoms with Gasteiger partial charge in [0.2, 0.25) is 11.8 Å². The molecule has 146 valence electrons. The number of nitrogens with zero attached hydrogens (tertiary/aromatic N) is 4. The van der Waals surface area contributed by atoms with Gasteiger partial charge >= 0.3 is 0 Å². The number of benzene rings is 1. The van der Waals surface area contributed by atoms with Crippen LogP contribution in [0.5, 0.6) is 11.6 Å². The SMILES string of the molecule is COc1cc(C)nc(NC2CCC(Oc3cc(N)cc4nccnc34)CC2)n1. The highest BCUT2D eigenvalue weighted by Gasteiger charge is 2.24. The predicted octanol–water partition coefficient (Wildman–Crippen LogP) is 3.12. The van der Waals surface area contributed by atoms with Crippen LogP contribution >= 0.6 is 0 Å². The number of nitrogens with two attached hydrogens (primary N) is 1. The third-order valence-electron chi connectivity index (χ3n) is 4.90. The molecule has 8 nitrogen and oxygen atoms in total. The Morgan fingerprint density at radius 1 is 1.04 bits per heavy atom. The summed E-state index contributed by atoms with van der Waals surface area (Å²) in [6, 6.07) is 5.76. The van der Waals surface area contributed by atoms with Crippen molar-refractivity contribution in [2.24, 2.45) is 0 Å². The second kappa shape index (κ2) is 7.84. The van der Waals surface area contributed by atoms with Gasteiger partial charge in [0.15, 0.2) is 0 Å². The van der Waals surface area contributed by atoms with E-state index in [0.717, 1.165) is 42.4 Å². The first kappa shape index (κ1) is 18.2. The summed E-state index contributed by atoms with van der Waals surface area (Å²) in [6.07, 6.45) is 7.24. The fraction of sp³-hybridized carbons (Fsp3) is 0.400. The second-order valence-electron chi connectivity index (χ2n) is 7.05. The normalized spacial score (nSPS) is 19.4. The Bertz CT molecular complexity index is 972. The van der Waals surface area contributed by atoms with E-state index >= 15 is 0 Å². The smallest absolute Gasteiger partial charge is 0.226 e. The molecular formula is C20H24N6O2. The molecule has 3 N–H and O–H groups in total. The van der Waals surface area contributed by atoms with Gasteiger partial charge in [0.05, 0.1) is 18.7 Å². The van der Waals surface area contributed by atoms with E-state index in [1.807, 2.05) is 25.1 Å². The molecule has 28 heavy (non-hydrogen) atoms. The first-order valence-electron chi connectivity index (χ1n) is 9.44. The topological polar surface area (TPSA) is 108 Å². The maximum absolute atomic E-state index is 6.24. The summed E-state index contributed by atoms with van der Waals surface area (Å²) in [6.45, 7) is 1.93. The molecule has 0 spiro atoms. The Balaban J connectivity index is 1.39. The highest BCUT2D eigenvalue weighted by molar-refractivity contribution is 5.84. The highest BCUT2D eigenvalue weighted by Crippen LogP contribution is 2.30. The van der Waals surface area contributed by atoms with Crippen molar-refractivity contribution in [2.45, 2.75) is 44.8 Å². The zero-order valence-corrected chi connectivity index (χ0v) is 16.1. The minimum atomic E-state index is 0.123. The molecule has 1 fully saturated rings. The van der Waals surface area contributed by atoms with E-state index in [9.17, 15) is 0 Å². The number of nitrogens with one attached hydrogen (secondary N) is 1. The van der Waals surface area contributed by atoms with Crippen molar-refractivity contribution in [1.29, 1.82) is 0 Å². The van der Waals surface area contributed by atoms with Crippen molar-refractivity contribution in [1.82, 2.24) is 19.9 Å². The Morgan fingerprint density at radius 2 is 1.82 bits per heavy atom. The third kappa shape index (κ3) is 4.05. The number of anilines is 2. The molecule has 2 aromatic heterocycles. The molecule has 1 aliphatic carbocycles. The first-order chi connectivity index (χ1) is 13.6. The molecule has 1 aromatic carbocycles. The lowest BCUT2D eigenvalue weighted by Crippen LogP contribution is -2.32. The van der Waals surface area contributed by atoms with Gasteiger partial charge in [-0.3, -0.25) is 4.98 Å². The van der Waals surface area contributed by atoms with Crippen molar-refractivity contribution < 1.29 is 9.47 Å². The number of nitrogen functional groups attached to an aromatic ring is 1. The molecule has 1 aliphatic rings. The van der Waals surface area contributed by atoms with E-state index in [4.69, 9.17) is 15.2 Å². The van der Waals surface area contributed by atoms with Gasteiger partial charge in [-0.05, 0) is 38.7 Å². The number of aromatic nitrogens is 4.